The Morgan fingerprint density at radius 2 is 0.500 bits per heavy atom. The molecule has 0 aromatic rings. The molecule has 0 bridgehead atoms. The first-order chi connectivity index (χ1) is 8.83. The Morgan fingerprint density at radius 3 is 0.500 bits per heavy atom. The van der Waals surface area contributed by atoms with Gasteiger partial charge in [-0.25, -0.2) is 0 Å². The minimum Gasteiger partial charge on any atom is 0 e. The fraction of sp³-hybridized carbons (Fsp3) is 0.400. The molecule has 0 radical (unpaired) electrons. The molecule has 0 saturated carbocycles. The van der Waals surface area contributed by atoms with Crippen LogP contribution in [0.25, 0.3) is 0 Å². The van der Waals surface area contributed by atoms with Crippen LogP contribution in [-0.4, -0.2) is 11.5 Å². The van der Waals surface area contributed by atoms with Crippen molar-refractivity contribution in [1.82, 2.24) is 0 Å². The van der Waals surface area contributed by atoms with E-state index >= 15 is 0 Å². The molecule has 6 nitrogen and oxygen atoms in total. The molecular weight excluding hydrogens is 392 g/mol. The molecule has 20 heavy (non-hydrogen) atoms. The van der Waals surface area contributed by atoms with Crippen molar-refractivity contribution >= 4 is 25.3 Å². The van der Waals surface area contributed by atoms with Crippen molar-refractivity contribution in [3.8, 4) is 0 Å². The summed E-state index contributed by atoms with van der Waals surface area (Å²) < 4.78 is 45.0. The predicted octanol–water partition coefficient (Wildman–Crippen LogP) is 0.876. The monoisotopic (exact) mass is 402 g/mol. The van der Waals surface area contributed by atoms with Gasteiger partial charge in [0.25, 0.3) is 0 Å². The zero-order chi connectivity index (χ0) is 17.4. The van der Waals surface area contributed by atoms with Gasteiger partial charge in [0.1, 0.15) is 0 Å². The summed E-state index contributed by atoms with van der Waals surface area (Å²) in [6, 6.07) is 0. The Kier molecular flexibility index (Phi) is 4780. The molecule has 0 spiro atoms. The van der Waals surface area contributed by atoms with Gasteiger partial charge in [-0.2, -0.15) is 11.5 Å². The summed E-state index contributed by atoms with van der Waals surface area (Å²) in [4.78, 5) is 0. The Balaban J connectivity index is -0.00000000711. The smallest absolute Gasteiger partial charge is 0 e. The van der Waals surface area contributed by atoms with Crippen LogP contribution in [0.4, 0.5) is 0 Å². The van der Waals surface area contributed by atoms with Crippen LogP contribution in [0.2, 0.25) is 0 Å². The molecule has 0 heterocycles. The van der Waals surface area contributed by atoms with Crippen molar-refractivity contribution in [3.63, 3.8) is 0 Å². The fourth-order valence-electron chi connectivity index (χ4n) is 0. The summed E-state index contributed by atoms with van der Waals surface area (Å²) in [6.45, 7) is 30.9. The van der Waals surface area contributed by atoms with Crippen LogP contribution in [-0.2, 0) is 87.3 Å². The first-order valence-corrected chi connectivity index (χ1v) is 4.37. The standard InChI is InChI=1S/2C2H6S.6CO.2Fe/c2*1-2-3;6*1-2;;/h2*3H,2H2,1H3;;;;;;;;/p-2. The predicted molar refractivity (Wildman–Crippen MR) is 59.4 cm³/mol. The van der Waals surface area contributed by atoms with E-state index in [4.69, 9.17) is 27.9 Å². The first kappa shape index (κ1) is 71.6. The average molecular weight is 402 g/mol. The molecule has 116 valence electrons. The molecular formula is C10H10Fe2O6S2-2. The second kappa shape index (κ2) is 1330. The van der Waals surface area contributed by atoms with Gasteiger partial charge in [0.2, 0.25) is 0 Å². The van der Waals surface area contributed by atoms with Gasteiger partial charge >= 0.3 is 67.8 Å². The zero-order valence-corrected chi connectivity index (χ0v) is 14.2. The van der Waals surface area contributed by atoms with Crippen molar-refractivity contribution in [1.29, 1.82) is 0 Å². The largest absolute Gasteiger partial charge is 0 e. The molecule has 0 N–H and O–H groups in total. The minimum absolute atomic E-state index is 0. The van der Waals surface area contributed by atoms with Crippen molar-refractivity contribution in [2.24, 2.45) is 0 Å². The maximum atomic E-state index is 7.50. The SMILES string of the molecule is CC[S-].CC[S-].[C-]#[O+].[C-]#[O+].[C-]#[O+].[C-]#[O+].[C-]#[O+].[C-]#[O+].[Fe].[Fe]. The third-order valence-electron chi connectivity index (χ3n) is 0. The second-order valence-electron chi connectivity index (χ2n) is 0.577. The molecule has 0 aliphatic heterocycles. The van der Waals surface area contributed by atoms with Crippen LogP contribution in [0.3, 0.4) is 0 Å². The molecule has 0 saturated heterocycles. The van der Waals surface area contributed by atoms with Crippen molar-refractivity contribution in [3.05, 3.63) is 39.9 Å². The van der Waals surface area contributed by atoms with Crippen molar-refractivity contribution < 1.29 is 62.1 Å². The Labute approximate surface area is 152 Å². The molecule has 0 aliphatic rings. The van der Waals surface area contributed by atoms with Gasteiger partial charge in [0.05, 0.1) is 0 Å². The summed E-state index contributed by atoms with van der Waals surface area (Å²) in [6.07, 6.45) is 0. The van der Waals surface area contributed by atoms with E-state index in [-0.39, 0.29) is 34.1 Å². The van der Waals surface area contributed by atoms with E-state index < -0.39 is 0 Å². The van der Waals surface area contributed by atoms with Gasteiger partial charge in [-0.1, -0.05) is 13.8 Å². The van der Waals surface area contributed by atoms with Crippen molar-refractivity contribution in [2.75, 3.05) is 11.5 Å². The summed E-state index contributed by atoms with van der Waals surface area (Å²) in [7, 11) is 0. The molecule has 0 rings (SSSR count). The van der Waals surface area contributed by atoms with Gasteiger partial charge in [0, 0.05) is 34.1 Å². The normalized spacial score (nSPS) is 2.40. The number of hydrogen-bond donors (Lipinski definition) is 0. The van der Waals surface area contributed by atoms with E-state index in [1.807, 2.05) is 13.8 Å². The van der Waals surface area contributed by atoms with Gasteiger partial charge in [0.15, 0.2) is 0 Å². The van der Waals surface area contributed by atoms with Crippen LogP contribution in [0.1, 0.15) is 13.8 Å². The first-order valence-electron chi connectivity index (χ1n) is 3.22. The molecule has 0 aliphatic carbocycles. The molecule has 0 amide bonds. The summed E-state index contributed by atoms with van der Waals surface area (Å²) in [5, 5.41) is 0. The Morgan fingerprint density at radius 1 is 0.500 bits per heavy atom. The van der Waals surface area contributed by atoms with Crippen LogP contribution in [0, 0.1) is 39.9 Å². The second-order valence-corrected chi connectivity index (χ2v) is 1.73. The molecule has 0 fully saturated rings. The molecule has 0 atom stereocenters. The third-order valence-corrected chi connectivity index (χ3v) is 0. The summed E-state index contributed by atoms with van der Waals surface area (Å²) >= 11 is 8.79. The maximum absolute atomic E-state index is 7.50. The van der Waals surface area contributed by atoms with Crippen LogP contribution >= 0.6 is 0 Å². The van der Waals surface area contributed by atoms with Gasteiger partial charge in [-0.05, 0) is 0 Å². The summed E-state index contributed by atoms with van der Waals surface area (Å²) in [5.41, 5.74) is 0. The Hall–Kier alpha value is 0.179. The van der Waals surface area contributed by atoms with Gasteiger partial charge in [-0.3, -0.25) is 0 Å². The maximum Gasteiger partial charge on any atom is 0 e. The van der Waals surface area contributed by atoms with Crippen LogP contribution in [0.15, 0.2) is 0 Å². The topological polar surface area (TPSA) is 119 Å². The van der Waals surface area contributed by atoms with E-state index in [0.717, 1.165) is 11.5 Å². The summed E-state index contributed by atoms with van der Waals surface area (Å²) in [5.74, 6) is 1.67. The van der Waals surface area contributed by atoms with Gasteiger partial charge < -0.3 is 25.3 Å². The van der Waals surface area contributed by atoms with E-state index in [2.05, 4.69) is 65.2 Å². The zero-order valence-electron chi connectivity index (χ0n) is 10.4. The van der Waals surface area contributed by atoms with Crippen molar-refractivity contribution in [2.45, 2.75) is 13.8 Å². The molecule has 10 heteroatoms. The quantitative estimate of drug-likeness (QED) is 0.259. The van der Waals surface area contributed by atoms with Crippen LogP contribution in [0.5, 0.6) is 0 Å². The Bertz CT molecular complexity index is 130. The molecule has 0 aromatic carbocycles. The van der Waals surface area contributed by atoms with E-state index in [1.54, 1.807) is 0 Å². The van der Waals surface area contributed by atoms with Crippen LogP contribution < -0.4 is 0 Å². The number of hydrogen-bond acceptors (Lipinski definition) is 2. The minimum atomic E-state index is 0. The average Bonchev–Trinajstić information content (AvgIpc) is 2.52. The molecule has 0 unspecified atom stereocenters. The van der Waals surface area contributed by atoms with Gasteiger partial charge in [-0.15, -0.1) is 0 Å². The van der Waals surface area contributed by atoms with E-state index in [0.29, 0.717) is 0 Å². The van der Waals surface area contributed by atoms with E-state index in [1.165, 1.54) is 0 Å². The third kappa shape index (κ3) is 168000. The fourth-order valence-corrected chi connectivity index (χ4v) is 0. The van der Waals surface area contributed by atoms with E-state index in [9.17, 15) is 0 Å². The number of rotatable bonds is 0. The molecule has 0 aromatic heterocycles.